The maximum absolute atomic E-state index is 12.9. The minimum atomic E-state index is -3.55. The van der Waals surface area contributed by atoms with E-state index in [1.807, 2.05) is 30.3 Å². The molecule has 1 aliphatic rings. The van der Waals surface area contributed by atoms with Crippen molar-refractivity contribution in [2.45, 2.75) is 4.90 Å². The Labute approximate surface area is 154 Å². The van der Waals surface area contributed by atoms with Gasteiger partial charge < -0.3 is 9.80 Å². The number of piperazine rings is 1. The molecule has 1 saturated heterocycles. The average molecular weight is 373 g/mol. The number of carbonyl (C=O) groups is 1. The highest BCUT2D eigenvalue weighted by molar-refractivity contribution is 7.89. The quantitative estimate of drug-likeness (QED) is 0.821. The summed E-state index contributed by atoms with van der Waals surface area (Å²) in [5.74, 6) is -0.148. The standard InChI is InChI=1S/C19H23N3O3S/c1-20(2)19(23)16-8-10-18(11-9-16)26(24,25)22-14-12-21(13-15-22)17-6-4-3-5-7-17/h3-11H,12-15H2,1-2H3. The fourth-order valence-electron chi connectivity index (χ4n) is 3.00. The average Bonchev–Trinajstić information content (AvgIpc) is 2.68. The van der Waals surface area contributed by atoms with Crippen LogP contribution in [0, 0.1) is 0 Å². The van der Waals surface area contributed by atoms with Crippen LogP contribution < -0.4 is 4.90 Å². The van der Waals surface area contributed by atoms with Crippen molar-refractivity contribution in [1.82, 2.24) is 9.21 Å². The second-order valence-corrected chi connectivity index (χ2v) is 8.39. The van der Waals surface area contributed by atoms with Crippen molar-refractivity contribution in [2.75, 3.05) is 45.2 Å². The summed E-state index contributed by atoms with van der Waals surface area (Å²) < 4.78 is 27.2. The zero-order valence-electron chi connectivity index (χ0n) is 15.0. The van der Waals surface area contributed by atoms with E-state index in [0.29, 0.717) is 31.7 Å². The van der Waals surface area contributed by atoms with E-state index in [9.17, 15) is 13.2 Å². The molecule has 0 spiro atoms. The first-order valence-electron chi connectivity index (χ1n) is 8.51. The van der Waals surface area contributed by atoms with Gasteiger partial charge >= 0.3 is 0 Å². The SMILES string of the molecule is CN(C)C(=O)c1ccc(S(=O)(=O)N2CCN(c3ccccc3)CC2)cc1. The minimum absolute atomic E-state index is 0.148. The summed E-state index contributed by atoms with van der Waals surface area (Å²) in [5.41, 5.74) is 1.58. The van der Waals surface area contributed by atoms with Crippen molar-refractivity contribution < 1.29 is 13.2 Å². The number of amides is 1. The fraction of sp³-hybridized carbons (Fsp3) is 0.316. The first-order chi connectivity index (χ1) is 12.4. The lowest BCUT2D eigenvalue weighted by atomic mass is 10.2. The highest BCUT2D eigenvalue weighted by atomic mass is 32.2. The lowest BCUT2D eigenvalue weighted by Crippen LogP contribution is -2.48. The molecule has 7 heteroatoms. The van der Waals surface area contributed by atoms with Crippen LogP contribution in [0.5, 0.6) is 0 Å². The van der Waals surface area contributed by atoms with Crippen LogP contribution in [0.1, 0.15) is 10.4 Å². The molecule has 0 bridgehead atoms. The van der Waals surface area contributed by atoms with E-state index in [-0.39, 0.29) is 10.8 Å². The molecule has 6 nitrogen and oxygen atoms in total. The summed E-state index contributed by atoms with van der Waals surface area (Å²) in [6.07, 6.45) is 0. The van der Waals surface area contributed by atoms with Gasteiger partial charge in [0.15, 0.2) is 0 Å². The molecule has 138 valence electrons. The Morgan fingerprint density at radius 1 is 0.885 bits per heavy atom. The number of nitrogens with zero attached hydrogens (tertiary/aromatic N) is 3. The normalized spacial score (nSPS) is 15.7. The van der Waals surface area contributed by atoms with Crippen molar-refractivity contribution in [1.29, 1.82) is 0 Å². The van der Waals surface area contributed by atoms with Gasteiger partial charge in [-0.05, 0) is 36.4 Å². The van der Waals surface area contributed by atoms with Gasteiger partial charge in [0.1, 0.15) is 0 Å². The second kappa shape index (κ2) is 7.47. The van der Waals surface area contributed by atoms with Crippen LogP contribution in [0.25, 0.3) is 0 Å². The van der Waals surface area contributed by atoms with Crippen molar-refractivity contribution in [3.8, 4) is 0 Å². The Morgan fingerprint density at radius 3 is 2.00 bits per heavy atom. The molecule has 1 heterocycles. The third-order valence-corrected chi connectivity index (χ3v) is 6.42. The molecule has 1 fully saturated rings. The molecule has 0 aromatic heterocycles. The van der Waals surface area contributed by atoms with Crippen LogP contribution in [0.15, 0.2) is 59.5 Å². The number of hydrogen-bond acceptors (Lipinski definition) is 4. The number of benzene rings is 2. The molecule has 26 heavy (non-hydrogen) atoms. The first-order valence-corrected chi connectivity index (χ1v) is 9.95. The minimum Gasteiger partial charge on any atom is -0.369 e. The van der Waals surface area contributed by atoms with Crippen molar-refractivity contribution in [3.63, 3.8) is 0 Å². The van der Waals surface area contributed by atoms with Crippen LogP contribution in [0.3, 0.4) is 0 Å². The van der Waals surface area contributed by atoms with Gasteiger partial charge in [0, 0.05) is 51.5 Å². The lowest BCUT2D eigenvalue weighted by molar-refractivity contribution is 0.0827. The van der Waals surface area contributed by atoms with E-state index in [4.69, 9.17) is 0 Å². The summed E-state index contributed by atoms with van der Waals surface area (Å²) in [6.45, 7) is 2.19. The van der Waals surface area contributed by atoms with Gasteiger partial charge in [-0.2, -0.15) is 4.31 Å². The topological polar surface area (TPSA) is 60.9 Å². The highest BCUT2D eigenvalue weighted by Gasteiger charge is 2.28. The van der Waals surface area contributed by atoms with Gasteiger partial charge in [0.05, 0.1) is 4.90 Å². The van der Waals surface area contributed by atoms with Gasteiger partial charge in [-0.3, -0.25) is 4.79 Å². The molecule has 2 aromatic carbocycles. The molecule has 1 amide bonds. The predicted octanol–water partition coefficient (Wildman–Crippen LogP) is 1.90. The Hall–Kier alpha value is -2.38. The summed E-state index contributed by atoms with van der Waals surface area (Å²) >= 11 is 0. The summed E-state index contributed by atoms with van der Waals surface area (Å²) in [5, 5.41) is 0. The molecule has 0 N–H and O–H groups in total. The van der Waals surface area contributed by atoms with E-state index in [1.54, 1.807) is 26.2 Å². The number of sulfonamides is 1. The second-order valence-electron chi connectivity index (χ2n) is 6.45. The number of para-hydroxylation sites is 1. The van der Waals surface area contributed by atoms with Crippen molar-refractivity contribution >= 4 is 21.6 Å². The molecule has 0 radical (unpaired) electrons. The molecule has 1 aliphatic heterocycles. The monoisotopic (exact) mass is 373 g/mol. The predicted molar refractivity (Wildman–Crippen MR) is 102 cm³/mol. The highest BCUT2D eigenvalue weighted by Crippen LogP contribution is 2.21. The summed E-state index contributed by atoms with van der Waals surface area (Å²) in [6, 6.07) is 16.1. The van der Waals surface area contributed by atoms with Crippen LogP contribution in [0.2, 0.25) is 0 Å². The summed E-state index contributed by atoms with van der Waals surface area (Å²) in [4.78, 5) is 15.8. The van der Waals surface area contributed by atoms with Gasteiger partial charge in [0.25, 0.3) is 5.91 Å². The number of rotatable bonds is 4. The van der Waals surface area contributed by atoms with Crippen molar-refractivity contribution in [3.05, 3.63) is 60.2 Å². The molecular weight excluding hydrogens is 350 g/mol. The Bertz CT molecular complexity index is 857. The number of hydrogen-bond donors (Lipinski definition) is 0. The van der Waals surface area contributed by atoms with E-state index in [0.717, 1.165) is 5.69 Å². The van der Waals surface area contributed by atoms with Crippen LogP contribution >= 0.6 is 0 Å². The number of anilines is 1. The third kappa shape index (κ3) is 3.73. The molecule has 0 aliphatic carbocycles. The van der Waals surface area contributed by atoms with Crippen LogP contribution in [-0.4, -0.2) is 63.8 Å². The van der Waals surface area contributed by atoms with Crippen LogP contribution in [-0.2, 0) is 10.0 Å². The fourth-order valence-corrected chi connectivity index (χ4v) is 4.42. The molecule has 0 atom stereocenters. The first kappa shape index (κ1) is 18.4. The van der Waals surface area contributed by atoms with Crippen LogP contribution in [0.4, 0.5) is 5.69 Å². The molecule has 3 rings (SSSR count). The van der Waals surface area contributed by atoms with E-state index in [1.165, 1.54) is 21.3 Å². The molecular formula is C19H23N3O3S. The van der Waals surface area contributed by atoms with E-state index in [2.05, 4.69) is 4.90 Å². The largest absolute Gasteiger partial charge is 0.369 e. The van der Waals surface area contributed by atoms with Gasteiger partial charge in [-0.25, -0.2) is 8.42 Å². The Balaban J connectivity index is 1.70. The van der Waals surface area contributed by atoms with E-state index < -0.39 is 10.0 Å². The van der Waals surface area contributed by atoms with E-state index >= 15 is 0 Å². The maximum Gasteiger partial charge on any atom is 0.253 e. The van der Waals surface area contributed by atoms with Gasteiger partial charge in [0.2, 0.25) is 10.0 Å². The molecule has 2 aromatic rings. The summed E-state index contributed by atoms with van der Waals surface area (Å²) in [7, 11) is -0.217. The molecule has 0 unspecified atom stereocenters. The Kier molecular flexibility index (Phi) is 5.29. The zero-order valence-corrected chi connectivity index (χ0v) is 15.8. The number of carbonyl (C=O) groups excluding carboxylic acids is 1. The Morgan fingerprint density at radius 2 is 1.46 bits per heavy atom. The lowest BCUT2D eigenvalue weighted by Gasteiger charge is -2.35. The van der Waals surface area contributed by atoms with Crippen molar-refractivity contribution in [2.24, 2.45) is 0 Å². The van der Waals surface area contributed by atoms with Gasteiger partial charge in [-0.15, -0.1) is 0 Å². The molecule has 0 saturated carbocycles. The zero-order chi connectivity index (χ0) is 18.7. The third-order valence-electron chi connectivity index (χ3n) is 4.51. The smallest absolute Gasteiger partial charge is 0.253 e. The van der Waals surface area contributed by atoms with Gasteiger partial charge in [-0.1, -0.05) is 18.2 Å². The maximum atomic E-state index is 12.9.